The van der Waals surface area contributed by atoms with E-state index in [1.165, 1.54) is 22.9 Å². The van der Waals surface area contributed by atoms with Gasteiger partial charge in [-0.15, -0.1) is 0 Å². The number of nitrogens with zero attached hydrogens (tertiary/aromatic N) is 6. The van der Waals surface area contributed by atoms with Gasteiger partial charge in [0.15, 0.2) is 0 Å². The molecule has 4 rings (SSSR count). The van der Waals surface area contributed by atoms with E-state index >= 15 is 0 Å². The fraction of sp³-hybridized carbons (Fsp3) is 0.182. The Hall–Kier alpha value is -4.73. The van der Waals surface area contributed by atoms with Crippen LogP contribution < -0.4 is 22.8 Å². The number of benzene rings is 1. The molecule has 180 valence electrons. The number of aromatic nitrogens is 5. The zero-order chi connectivity index (χ0) is 25.9. The van der Waals surface area contributed by atoms with Gasteiger partial charge >= 0.3 is 6.18 Å². The number of rotatable bonds is 2. The highest BCUT2D eigenvalue weighted by Crippen LogP contribution is 2.33. The van der Waals surface area contributed by atoms with Gasteiger partial charge in [-0.1, -0.05) is 13.0 Å². The fourth-order valence-electron chi connectivity index (χ4n) is 3.32. The van der Waals surface area contributed by atoms with Crippen molar-refractivity contribution >= 4 is 28.5 Å². The van der Waals surface area contributed by atoms with Crippen LogP contribution in [0, 0.1) is 18.3 Å². The third-order valence-corrected chi connectivity index (χ3v) is 4.94. The van der Waals surface area contributed by atoms with Crippen LogP contribution in [0.25, 0.3) is 16.6 Å². The van der Waals surface area contributed by atoms with E-state index in [9.17, 15) is 18.0 Å². The van der Waals surface area contributed by atoms with Crippen molar-refractivity contribution in [3.8, 4) is 11.8 Å². The quantitative estimate of drug-likeness (QED) is 0.387. The molecule has 0 saturated heterocycles. The van der Waals surface area contributed by atoms with Gasteiger partial charge in [0.1, 0.15) is 29.1 Å². The first-order chi connectivity index (χ1) is 16.5. The molecule has 0 aliphatic heterocycles. The standard InChI is InChI=1S/C17H14F3N3O.C5H6N6/c1-3-14-22-12-6-4-5-11(17(18,19)20)15(12)16(24)23(14)13-9-21-8-7-10(13)2;6-1-2-3(7)10-5(9)11-4(2)8/h4-9H,3H2,1-2H3;(H6,7,8,9,10,11). The second-order valence-electron chi connectivity index (χ2n) is 7.22. The van der Waals surface area contributed by atoms with Crippen molar-refractivity contribution in [1.82, 2.24) is 24.5 Å². The minimum atomic E-state index is -4.63. The zero-order valence-electron chi connectivity index (χ0n) is 18.6. The lowest BCUT2D eigenvalue weighted by atomic mass is 10.1. The molecular formula is C22H20F3N9O. The first kappa shape index (κ1) is 24.9. The summed E-state index contributed by atoms with van der Waals surface area (Å²) in [6.07, 6.45) is -1.21. The van der Waals surface area contributed by atoms with Crippen LogP contribution in [-0.2, 0) is 12.6 Å². The minimum absolute atomic E-state index is 0.0116. The number of fused-ring (bicyclic) bond motifs is 1. The normalized spacial score (nSPS) is 11.0. The van der Waals surface area contributed by atoms with Crippen LogP contribution in [0.3, 0.4) is 0 Å². The molecule has 4 aromatic rings. The van der Waals surface area contributed by atoms with Crippen molar-refractivity contribution in [2.45, 2.75) is 26.4 Å². The van der Waals surface area contributed by atoms with E-state index in [4.69, 9.17) is 22.5 Å². The van der Waals surface area contributed by atoms with Gasteiger partial charge in [0, 0.05) is 12.6 Å². The van der Waals surface area contributed by atoms with Crippen LogP contribution in [0.1, 0.15) is 29.4 Å². The molecule has 0 radical (unpaired) electrons. The summed E-state index contributed by atoms with van der Waals surface area (Å²) < 4.78 is 41.1. The summed E-state index contributed by atoms with van der Waals surface area (Å²) in [5.41, 5.74) is 15.4. The molecule has 13 heteroatoms. The number of nitriles is 1. The molecule has 6 N–H and O–H groups in total. The number of hydrogen-bond donors (Lipinski definition) is 3. The second kappa shape index (κ2) is 9.64. The molecule has 3 heterocycles. The summed E-state index contributed by atoms with van der Waals surface area (Å²) in [5, 5.41) is 8.03. The van der Waals surface area contributed by atoms with Crippen molar-refractivity contribution in [3.63, 3.8) is 0 Å². The van der Waals surface area contributed by atoms with Gasteiger partial charge in [-0.25, -0.2) is 4.98 Å². The molecule has 0 spiro atoms. The van der Waals surface area contributed by atoms with Crippen molar-refractivity contribution < 1.29 is 13.2 Å². The molecular weight excluding hydrogens is 463 g/mol. The third kappa shape index (κ3) is 4.96. The topological polar surface area (TPSA) is 175 Å². The SMILES string of the molecule is CCc1nc2cccc(C(F)(F)F)c2c(=O)n1-c1cnccc1C.N#Cc1c(N)nc(N)nc1N. The number of aryl methyl sites for hydroxylation is 2. The molecule has 1 aromatic carbocycles. The van der Waals surface area contributed by atoms with Gasteiger partial charge in [-0.3, -0.25) is 14.3 Å². The molecule has 0 atom stereocenters. The summed E-state index contributed by atoms with van der Waals surface area (Å²) in [6.45, 7) is 3.56. The fourth-order valence-corrected chi connectivity index (χ4v) is 3.32. The maximum atomic E-state index is 13.3. The molecule has 0 fully saturated rings. The average molecular weight is 483 g/mol. The van der Waals surface area contributed by atoms with E-state index in [0.717, 1.165) is 11.6 Å². The Balaban J connectivity index is 0.000000261. The Morgan fingerprint density at radius 2 is 1.74 bits per heavy atom. The maximum Gasteiger partial charge on any atom is 0.417 e. The highest BCUT2D eigenvalue weighted by molar-refractivity contribution is 5.82. The van der Waals surface area contributed by atoms with Crippen molar-refractivity contribution in [1.29, 1.82) is 5.26 Å². The molecule has 35 heavy (non-hydrogen) atoms. The van der Waals surface area contributed by atoms with E-state index < -0.39 is 22.7 Å². The number of nitrogen functional groups attached to an aromatic ring is 3. The molecule has 0 amide bonds. The van der Waals surface area contributed by atoms with E-state index in [1.807, 2.05) is 0 Å². The first-order valence-corrected chi connectivity index (χ1v) is 10.1. The second-order valence-corrected chi connectivity index (χ2v) is 7.22. The molecule has 0 aliphatic carbocycles. The Morgan fingerprint density at radius 3 is 2.29 bits per heavy atom. The Labute approximate surface area is 196 Å². The van der Waals surface area contributed by atoms with Gasteiger partial charge < -0.3 is 17.2 Å². The largest absolute Gasteiger partial charge is 0.417 e. The Morgan fingerprint density at radius 1 is 1.09 bits per heavy atom. The van der Waals surface area contributed by atoms with E-state index in [0.29, 0.717) is 17.9 Å². The van der Waals surface area contributed by atoms with Crippen LogP contribution in [-0.4, -0.2) is 24.5 Å². The van der Waals surface area contributed by atoms with Crippen molar-refractivity contribution in [2.75, 3.05) is 17.2 Å². The summed E-state index contributed by atoms with van der Waals surface area (Å²) >= 11 is 0. The predicted octanol–water partition coefficient (Wildman–Crippen LogP) is 2.77. The summed E-state index contributed by atoms with van der Waals surface area (Å²) in [6, 6.07) is 7.04. The van der Waals surface area contributed by atoms with Crippen LogP contribution >= 0.6 is 0 Å². The third-order valence-electron chi connectivity index (χ3n) is 4.94. The Kier molecular flexibility index (Phi) is 6.86. The van der Waals surface area contributed by atoms with Crippen LogP contribution in [0.4, 0.5) is 30.8 Å². The molecule has 0 saturated carbocycles. The predicted molar refractivity (Wildman–Crippen MR) is 124 cm³/mol. The highest BCUT2D eigenvalue weighted by Gasteiger charge is 2.34. The highest BCUT2D eigenvalue weighted by atomic mass is 19.4. The smallest absolute Gasteiger partial charge is 0.382 e. The number of pyridine rings is 1. The average Bonchev–Trinajstić information content (AvgIpc) is 2.79. The van der Waals surface area contributed by atoms with Crippen LogP contribution in [0.15, 0.2) is 41.5 Å². The number of anilines is 3. The minimum Gasteiger partial charge on any atom is -0.382 e. The number of halogens is 3. The first-order valence-electron chi connectivity index (χ1n) is 10.1. The molecule has 3 aromatic heterocycles. The Bertz CT molecular complexity index is 1480. The van der Waals surface area contributed by atoms with Gasteiger partial charge in [-0.2, -0.15) is 28.4 Å². The monoisotopic (exact) mass is 483 g/mol. The maximum absolute atomic E-state index is 13.3. The summed E-state index contributed by atoms with van der Waals surface area (Å²) in [4.78, 5) is 28.3. The van der Waals surface area contributed by atoms with Gasteiger partial charge in [0.2, 0.25) is 5.95 Å². The van der Waals surface area contributed by atoms with Gasteiger partial charge in [0.05, 0.1) is 28.4 Å². The van der Waals surface area contributed by atoms with Gasteiger partial charge in [0.25, 0.3) is 5.56 Å². The van der Waals surface area contributed by atoms with Crippen molar-refractivity contribution in [3.05, 3.63) is 69.5 Å². The molecule has 0 bridgehead atoms. The van der Waals surface area contributed by atoms with Crippen LogP contribution in [0.5, 0.6) is 0 Å². The molecule has 10 nitrogen and oxygen atoms in total. The molecule has 0 unspecified atom stereocenters. The summed E-state index contributed by atoms with van der Waals surface area (Å²) in [5.74, 6) is 0.386. The molecule has 0 aliphatic rings. The lowest BCUT2D eigenvalue weighted by Crippen LogP contribution is -2.26. The van der Waals surface area contributed by atoms with Gasteiger partial charge in [-0.05, 0) is 30.7 Å². The van der Waals surface area contributed by atoms with Crippen molar-refractivity contribution in [2.24, 2.45) is 0 Å². The van der Waals surface area contributed by atoms with E-state index in [1.54, 1.807) is 32.2 Å². The number of nitrogens with two attached hydrogens (primary N) is 3. The number of alkyl halides is 3. The van der Waals surface area contributed by atoms with E-state index in [-0.39, 0.29) is 28.7 Å². The lowest BCUT2D eigenvalue weighted by Gasteiger charge is -2.16. The van der Waals surface area contributed by atoms with E-state index in [2.05, 4.69) is 19.9 Å². The number of hydrogen-bond acceptors (Lipinski definition) is 9. The summed E-state index contributed by atoms with van der Waals surface area (Å²) in [7, 11) is 0. The lowest BCUT2D eigenvalue weighted by molar-refractivity contribution is -0.136. The zero-order valence-corrected chi connectivity index (χ0v) is 18.6. The van der Waals surface area contributed by atoms with Crippen LogP contribution in [0.2, 0.25) is 0 Å².